The van der Waals surface area contributed by atoms with Gasteiger partial charge in [0.05, 0.1) is 6.42 Å². The van der Waals surface area contributed by atoms with Crippen molar-refractivity contribution in [3.8, 4) is 0 Å². The van der Waals surface area contributed by atoms with Crippen molar-refractivity contribution in [1.82, 2.24) is 10.2 Å². The van der Waals surface area contributed by atoms with Crippen molar-refractivity contribution in [3.05, 3.63) is 68.7 Å². The van der Waals surface area contributed by atoms with Gasteiger partial charge in [-0.2, -0.15) is 0 Å². The number of carbonyl (C=O) groups excluding carboxylic acids is 2. The molecule has 2 amide bonds. The molecule has 0 radical (unpaired) electrons. The zero-order valence-electron chi connectivity index (χ0n) is 16.0. The van der Waals surface area contributed by atoms with Gasteiger partial charge in [0.2, 0.25) is 11.8 Å². The molecular formula is C21H23Cl3N2O2. The lowest BCUT2D eigenvalue weighted by atomic mass is 10.1. The quantitative estimate of drug-likeness (QED) is 0.647. The smallest absolute Gasteiger partial charge is 0.242 e. The van der Waals surface area contributed by atoms with Crippen LogP contribution in [-0.2, 0) is 22.6 Å². The third-order valence-corrected chi connectivity index (χ3v) is 5.22. The van der Waals surface area contributed by atoms with Crippen molar-refractivity contribution < 1.29 is 9.59 Å². The highest BCUT2D eigenvalue weighted by Gasteiger charge is 2.27. The summed E-state index contributed by atoms with van der Waals surface area (Å²) in [6, 6.07) is 11.5. The molecule has 0 saturated carbocycles. The Morgan fingerprint density at radius 1 is 0.964 bits per heavy atom. The highest BCUT2D eigenvalue weighted by molar-refractivity contribution is 6.36. The first-order valence-electron chi connectivity index (χ1n) is 8.96. The van der Waals surface area contributed by atoms with E-state index in [0.29, 0.717) is 20.6 Å². The van der Waals surface area contributed by atoms with E-state index in [9.17, 15) is 9.59 Å². The SMILES string of the molecule is CC(C)NC(=O)[C@@H](C)N(Cc1c(Cl)cccc1Cl)C(=O)Cc1ccc(Cl)cc1. The number of carbonyl (C=O) groups is 2. The van der Waals surface area contributed by atoms with Gasteiger partial charge in [0.15, 0.2) is 0 Å². The average Bonchev–Trinajstić information content (AvgIpc) is 2.62. The van der Waals surface area contributed by atoms with Crippen molar-refractivity contribution in [2.75, 3.05) is 0 Å². The monoisotopic (exact) mass is 440 g/mol. The Labute approximate surface area is 180 Å². The van der Waals surface area contributed by atoms with E-state index in [4.69, 9.17) is 34.8 Å². The second-order valence-electron chi connectivity index (χ2n) is 6.86. The van der Waals surface area contributed by atoms with E-state index in [2.05, 4.69) is 5.32 Å². The second-order valence-corrected chi connectivity index (χ2v) is 8.12. The lowest BCUT2D eigenvalue weighted by Crippen LogP contribution is -2.49. The Hall–Kier alpha value is -1.75. The third kappa shape index (κ3) is 6.13. The first-order chi connectivity index (χ1) is 13.2. The molecule has 0 aliphatic heterocycles. The van der Waals surface area contributed by atoms with Crippen LogP contribution < -0.4 is 5.32 Å². The van der Waals surface area contributed by atoms with Crippen LogP contribution in [0.25, 0.3) is 0 Å². The van der Waals surface area contributed by atoms with Gasteiger partial charge in [-0.05, 0) is 50.6 Å². The molecule has 0 saturated heterocycles. The van der Waals surface area contributed by atoms with E-state index < -0.39 is 6.04 Å². The molecule has 0 heterocycles. The summed E-state index contributed by atoms with van der Waals surface area (Å²) in [4.78, 5) is 27.2. The lowest BCUT2D eigenvalue weighted by molar-refractivity contribution is -0.140. The summed E-state index contributed by atoms with van der Waals surface area (Å²) in [6.07, 6.45) is 0.137. The largest absolute Gasteiger partial charge is 0.352 e. The van der Waals surface area contributed by atoms with Crippen LogP contribution in [0.2, 0.25) is 15.1 Å². The van der Waals surface area contributed by atoms with Gasteiger partial charge >= 0.3 is 0 Å². The molecule has 0 unspecified atom stereocenters. The molecule has 2 rings (SSSR count). The molecule has 1 N–H and O–H groups in total. The van der Waals surface area contributed by atoms with Crippen LogP contribution in [0.1, 0.15) is 31.9 Å². The van der Waals surface area contributed by atoms with Gasteiger partial charge in [0.1, 0.15) is 6.04 Å². The Kier molecular flexibility index (Phi) is 8.17. The highest BCUT2D eigenvalue weighted by Crippen LogP contribution is 2.27. The molecule has 0 aromatic heterocycles. The molecule has 7 heteroatoms. The van der Waals surface area contributed by atoms with Gasteiger partial charge in [-0.1, -0.05) is 53.0 Å². The van der Waals surface area contributed by atoms with E-state index >= 15 is 0 Å². The summed E-state index contributed by atoms with van der Waals surface area (Å²) in [7, 11) is 0. The summed E-state index contributed by atoms with van der Waals surface area (Å²) < 4.78 is 0. The molecule has 0 aliphatic carbocycles. The Bertz CT molecular complexity index is 818. The fraction of sp³-hybridized carbons (Fsp3) is 0.333. The summed E-state index contributed by atoms with van der Waals surface area (Å²) >= 11 is 18.5. The molecule has 4 nitrogen and oxygen atoms in total. The van der Waals surface area contributed by atoms with Crippen molar-refractivity contribution in [1.29, 1.82) is 0 Å². The van der Waals surface area contributed by atoms with Crippen LogP contribution in [0.5, 0.6) is 0 Å². The van der Waals surface area contributed by atoms with Crippen LogP contribution in [0.3, 0.4) is 0 Å². The lowest BCUT2D eigenvalue weighted by Gasteiger charge is -2.30. The van der Waals surface area contributed by atoms with E-state index in [0.717, 1.165) is 5.56 Å². The Morgan fingerprint density at radius 2 is 1.54 bits per heavy atom. The number of halogens is 3. The molecular weight excluding hydrogens is 419 g/mol. The number of nitrogens with one attached hydrogen (secondary N) is 1. The second kappa shape index (κ2) is 10.1. The van der Waals surface area contributed by atoms with Crippen molar-refractivity contribution >= 4 is 46.6 Å². The minimum absolute atomic E-state index is 0.0351. The molecule has 2 aromatic rings. The van der Waals surface area contributed by atoms with E-state index in [1.165, 1.54) is 4.90 Å². The van der Waals surface area contributed by atoms with Crippen molar-refractivity contribution in [2.24, 2.45) is 0 Å². The van der Waals surface area contributed by atoms with Gasteiger partial charge in [0.25, 0.3) is 0 Å². The van der Waals surface area contributed by atoms with Crippen LogP contribution in [-0.4, -0.2) is 28.8 Å². The summed E-state index contributed by atoms with van der Waals surface area (Å²) in [6.45, 7) is 5.57. The molecule has 0 aliphatic rings. The molecule has 0 spiro atoms. The van der Waals surface area contributed by atoms with E-state index in [-0.39, 0.29) is 30.8 Å². The fourth-order valence-electron chi connectivity index (χ4n) is 2.72. The maximum absolute atomic E-state index is 13.1. The van der Waals surface area contributed by atoms with Crippen LogP contribution >= 0.6 is 34.8 Å². The first kappa shape index (κ1) is 22.5. The van der Waals surface area contributed by atoms with Gasteiger partial charge < -0.3 is 10.2 Å². The van der Waals surface area contributed by atoms with Crippen molar-refractivity contribution in [3.63, 3.8) is 0 Å². The summed E-state index contributed by atoms with van der Waals surface area (Å²) in [5.41, 5.74) is 1.42. The van der Waals surface area contributed by atoms with Gasteiger partial charge in [-0.3, -0.25) is 9.59 Å². The third-order valence-electron chi connectivity index (χ3n) is 4.26. The summed E-state index contributed by atoms with van der Waals surface area (Å²) in [5, 5.41) is 4.35. The standard InChI is InChI=1S/C21H23Cl3N2O2/c1-13(2)25-21(28)14(3)26(12-17-18(23)5-4-6-19(17)24)20(27)11-15-7-9-16(22)10-8-15/h4-10,13-14H,11-12H2,1-3H3,(H,25,28)/t14-/m1/s1. The number of hydrogen-bond acceptors (Lipinski definition) is 2. The first-order valence-corrected chi connectivity index (χ1v) is 10.1. The zero-order valence-corrected chi connectivity index (χ0v) is 18.3. The normalized spacial score (nSPS) is 12.0. The van der Waals surface area contributed by atoms with Gasteiger partial charge in [-0.25, -0.2) is 0 Å². The maximum atomic E-state index is 13.1. The number of amides is 2. The molecule has 0 fully saturated rings. The van der Waals surface area contributed by atoms with E-state index in [1.54, 1.807) is 49.4 Å². The van der Waals surface area contributed by atoms with Gasteiger partial charge in [0, 0.05) is 33.2 Å². The summed E-state index contributed by atoms with van der Waals surface area (Å²) in [5.74, 6) is -0.438. The predicted octanol–water partition coefficient (Wildman–Crippen LogP) is 5.13. The number of rotatable bonds is 7. The van der Waals surface area contributed by atoms with Crippen LogP contribution in [0.4, 0.5) is 0 Å². The predicted molar refractivity (Wildman–Crippen MR) is 115 cm³/mol. The fourth-order valence-corrected chi connectivity index (χ4v) is 3.36. The Morgan fingerprint density at radius 3 is 2.07 bits per heavy atom. The zero-order chi connectivity index (χ0) is 20.8. The number of benzene rings is 2. The molecule has 150 valence electrons. The molecule has 0 bridgehead atoms. The molecule has 1 atom stereocenters. The average molecular weight is 442 g/mol. The molecule has 28 heavy (non-hydrogen) atoms. The minimum atomic E-state index is -0.686. The van der Waals surface area contributed by atoms with Crippen LogP contribution in [0, 0.1) is 0 Å². The van der Waals surface area contributed by atoms with E-state index in [1.807, 2.05) is 13.8 Å². The maximum Gasteiger partial charge on any atom is 0.242 e. The van der Waals surface area contributed by atoms with Gasteiger partial charge in [-0.15, -0.1) is 0 Å². The number of nitrogens with zero attached hydrogens (tertiary/aromatic N) is 1. The molecule has 2 aromatic carbocycles. The Balaban J connectivity index is 2.30. The highest BCUT2D eigenvalue weighted by atomic mass is 35.5. The van der Waals surface area contributed by atoms with Crippen molar-refractivity contribution in [2.45, 2.75) is 45.8 Å². The topological polar surface area (TPSA) is 49.4 Å². The van der Waals surface area contributed by atoms with Crippen LogP contribution in [0.15, 0.2) is 42.5 Å². The number of hydrogen-bond donors (Lipinski definition) is 1. The minimum Gasteiger partial charge on any atom is -0.352 e.